The highest BCUT2D eigenvalue weighted by molar-refractivity contribution is 6.30. The zero-order valence-electron chi connectivity index (χ0n) is 11.9. The fraction of sp³-hybridized carbons (Fsp3) is 0.118. The molecule has 6 heteroatoms. The largest absolute Gasteiger partial charge is 0.478 e. The number of rotatable bonds is 5. The number of nitrogens with zero attached hydrogens (tertiary/aromatic N) is 2. The van der Waals surface area contributed by atoms with E-state index >= 15 is 0 Å². The highest BCUT2D eigenvalue weighted by atomic mass is 35.5. The first-order valence-electron chi connectivity index (χ1n) is 6.61. The summed E-state index contributed by atoms with van der Waals surface area (Å²) in [6.07, 6.45) is -1.08. The van der Waals surface area contributed by atoms with Crippen LogP contribution in [0.4, 0.5) is 0 Å². The van der Waals surface area contributed by atoms with Crippen LogP contribution in [-0.2, 0) is 11.2 Å². The van der Waals surface area contributed by atoms with Crippen LogP contribution in [0.1, 0.15) is 16.7 Å². The fourth-order valence-electron chi connectivity index (χ4n) is 2.02. The zero-order chi connectivity index (χ0) is 16.8. The molecule has 2 rings (SSSR count). The normalized spacial score (nSPS) is 11.1. The van der Waals surface area contributed by atoms with E-state index < -0.39 is 12.1 Å². The van der Waals surface area contributed by atoms with Crippen LogP contribution in [0.3, 0.4) is 0 Å². The van der Waals surface area contributed by atoms with Gasteiger partial charge in [0, 0.05) is 11.4 Å². The molecule has 1 atom stereocenters. The Bertz CT molecular complexity index is 821. The number of carboxylic acids is 1. The molecule has 2 aromatic rings. The van der Waals surface area contributed by atoms with Crippen molar-refractivity contribution in [2.45, 2.75) is 12.5 Å². The van der Waals surface area contributed by atoms with E-state index in [1.807, 2.05) is 12.1 Å². The van der Waals surface area contributed by atoms with Gasteiger partial charge in [0.1, 0.15) is 5.75 Å². The van der Waals surface area contributed by atoms with E-state index in [2.05, 4.69) is 0 Å². The lowest BCUT2D eigenvalue weighted by Crippen LogP contribution is -2.29. The van der Waals surface area contributed by atoms with Gasteiger partial charge in [-0.05, 0) is 35.9 Å². The first-order valence-corrected chi connectivity index (χ1v) is 6.99. The standard InChI is InChI=1S/C17H11ClN2O3/c18-14-5-13(10-20)6-15(8-14)23-16(17(21)22)7-11-2-1-3-12(4-11)9-19/h1-6,8,16H,7H2,(H,21,22). The summed E-state index contributed by atoms with van der Waals surface area (Å²) in [5.41, 5.74) is 1.39. The molecule has 1 unspecified atom stereocenters. The number of carboxylic acid groups (broad SMARTS) is 1. The Labute approximate surface area is 137 Å². The average molecular weight is 327 g/mol. The first-order chi connectivity index (χ1) is 11.0. The summed E-state index contributed by atoms with van der Waals surface area (Å²) in [7, 11) is 0. The Morgan fingerprint density at radius 1 is 1.17 bits per heavy atom. The summed E-state index contributed by atoms with van der Waals surface area (Å²) < 4.78 is 5.46. The van der Waals surface area contributed by atoms with E-state index in [0.29, 0.717) is 11.1 Å². The minimum absolute atomic E-state index is 0.0826. The van der Waals surface area contributed by atoms with Gasteiger partial charge in [0.05, 0.1) is 23.3 Å². The maximum Gasteiger partial charge on any atom is 0.345 e. The van der Waals surface area contributed by atoms with Crippen molar-refractivity contribution in [1.29, 1.82) is 10.5 Å². The number of hydrogen-bond donors (Lipinski definition) is 1. The van der Waals surface area contributed by atoms with Crippen molar-refractivity contribution in [3.05, 3.63) is 64.2 Å². The highest BCUT2D eigenvalue weighted by Crippen LogP contribution is 2.22. The van der Waals surface area contributed by atoms with Crippen molar-refractivity contribution in [3.8, 4) is 17.9 Å². The van der Waals surface area contributed by atoms with Gasteiger partial charge in [-0.25, -0.2) is 4.79 Å². The molecule has 114 valence electrons. The Morgan fingerprint density at radius 3 is 2.57 bits per heavy atom. The van der Waals surface area contributed by atoms with Crippen molar-refractivity contribution < 1.29 is 14.6 Å². The molecule has 0 aliphatic heterocycles. The molecule has 1 N–H and O–H groups in total. The lowest BCUT2D eigenvalue weighted by molar-refractivity contribution is -0.145. The second-order valence-corrected chi connectivity index (χ2v) is 5.18. The van der Waals surface area contributed by atoms with Gasteiger partial charge in [0.15, 0.2) is 6.10 Å². The topological polar surface area (TPSA) is 94.1 Å². The summed E-state index contributed by atoms with van der Waals surface area (Å²) in [4.78, 5) is 11.4. The molecular weight excluding hydrogens is 316 g/mol. The fourth-order valence-corrected chi connectivity index (χ4v) is 2.25. The molecule has 0 aliphatic rings. The SMILES string of the molecule is N#Cc1cccc(CC(Oc2cc(Cl)cc(C#N)c2)C(=O)O)c1. The predicted molar refractivity (Wildman–Crippen MR) is 83.1 cm³/mol. The summed E-state index contributed by atoms with van der Waals surface area (Å²) in [5, 5.41) is 27.4. The molecular formula is C17H11ClN2O3. The molecule has 0 aromatic heterocycles. The first kappa shape index (κ1) is 16.4. The van der Waals surface area contributed by atoms with Crippen LogP contribution < -0.4 is 4.74 Å². The van der Waals surface area contributed by atoms with E-state index in [1.165, 1.54) is 18.2 Å². The van der Waals surface area contributed by atoms with Crippen LogP contribution in [0.25, 0.3) is 0 Å². The lowest BCUT2D eigenvalue weighted by atomic mass is 10.1. The molecule has 0 fully saturated rings. The van der Waals surface area contributed by atoms with Crippen molar-refractivity contribution in [2.24, 2.45) is 0 Å². The Morgan fingerprint density at radius 2 is 1.91 bits per heavy atom. The number of halogens is 1. The molecule has 0 amide bonds. The van der Waals surface area contributed by atoms with Gasteiger partial charge in [0.25, 0.3) is 0 Å². The third-order valence-electron chi connectivity index (χ3n) is 3.03. The number of aliphatic carboxylic acids is 1. The predicted octanol–water partition coefficient (Wildman–Crippen LogP) is 3.16. The van der Waals surface area contributed by atoms with Crippen LogP contribution in [0.5, 0.6) is 5.75 Å². The Hall–Kier alpha value is -3.02. The Kier molecular flexibility index (Phi) is 5.19. The van der Waals surface area contributed by atoms with Gasteiger partial charge in [0.2, 0.25) is 0 Å². The zero-order valence-corrected chi connectivity index (χ0v) is 12.6. The van der Waals surface area contributed by atoms with Crippen LogP contribution in [0.2, 0.25) is 5.02 Å². The molecule has 0 saturated carbocycles. The van der Waals surface area contributed by atoms with Gasteiger partial charge in [-0.3, -0.25) is 0 Å². The van der Waals surface area contributed by atoms with Gasteiger partial charge in [-0.2, -0.15) is 10.5 Å². The van der Waals surface area contributed by atoms with E-state index in [1.54, 1.807) is 24.3 Å². The maximum absolute atomic E-state index is 11.4. The molecule has 5 nitrogen and oxygen atoms in total. The van der Waals surface area contributed by atoms with Gasteiger partial charge < -0.3 is 9.84 Å². The van der Waals surface area contributed by atoms with Crippen LogP contribution >= 0.6 is 11.6 Å². The van der Waals surface area contributed by atoms with Crippen molar-refractivity contribution >= 4 is 17.6 Å². The monoisotopic (exact) mass is 326 g/mol. The average Bonchev–Trinajstić information content (AvgIpc) is 2.53. The molecule has 0 bridgehead atoms. The van der Waals surface area contributed by atoms with Gasteiger partial charge >= 0.3 is 5.97 Å². The lowest BCUT2D eigenvalue weighted by Gasteiger charge is -2.16. The Balaban J connectivity index is 2.23. The minimum Gasteiger partial charge on any atom is -0.478 e. The summed E-state index contributed by atoms with van der Waals surface area (Å²) in [6.45, 7) is 0. The summed E-state index contributed by atoms with van der Waals surface area (Å²) >= 11 is 5.88. The maximum atomic E-state index is 11.4. The quantitative estimate of drug-likeness (QED) is 0.910. The van der Waals surface area contributed by atoms with Crippen LogP contribution in [0, 0.1) is 22.7 Å². The van der Waals surface area contributed by atoms with E-state index in [4.69, 9.17) is 26.9 Å². The number of ether oxygens (including phenoxy) is 1. The number of benzene rings is 2. The number of carbonyl (C=O) groups is 1. The van der Waals surface area contributed by atoms with Crippen molar-refractivity contribution in [3.63, 3.8) is 0 Å². The molecule has 0 spiro atoms. The van der Waals surface area contributed by atoms with E-state index in [9.17, 15) is 9.90 Å². The van der Waals surface area contributed by atoms with Crippen molar-refractivity contribution in [2.75, 3.05) is 0 Å². The molecule has 0 saturated heterocycles. The van der Waals surface area contributed by atoms with E-state index in [-0.39, 0.29) is 22.8 Å². The summed E-state index contributed by atoms with van der Waals surface area (Å²) in [6, 6.07) is 14.9. The molecule has 0 heterocycles. The second kappa shape index (κ2) is 7.31. The minimum atomic E-state index is -1.16. The summed E-state index contributed by atoms with van der Waals surface area (Å²) in [5.74, 6) is -0.941. The van der Waals surface area contributed by atoms with Gasteiger partial charge in [-0.15, -0.1) is 0 Å². The molecule has 23 heavy (non-hydrogen) atoms. The van der Waals surface area contributed by atoms with Crippen LogP contribution in [0.15, 0.2) is 42.5 Å². The second-order valence-electron chi connectivity index (χ2n) is 4.75. The molecule has 2 aromatic carbocycles. The van der Waals surface area contributed by atoms with Gasteiger partial charge in [-0.1, -0.05) is 23.7 Å². The van der Waals surface area contributed by atoms with Crippen LogP contribution in [-0.4, -0.2) is 17.2 Å². The molecule has 0 aliphatic carbocycles. The number of hydrogen-bond acceptors (Lipinski definition) is 4. The van der Waals surface area contributed by atoms with E-state index in [0.717, 1.165) is 0 Å². The highest BCUT2D eigenvalue weighted by Gasteiger charge is 2.20. The van der Waals surface area contributed by atoms with Crippen molar-refractivity contribution in [1.82, 2.24) is 0 Å². The third-order valence-corrected chi connectivity index (χ3v) is 3.25. The number of nitriles is 2. The third kappa shape index (κ3) is 4.47. The smallest absolute Gasteiger partial charge is 0.345 e. The molecule has 0 radical (unpaired) electrons.